The number of rotatable bonds is 3. The molecular formula is C11H22N2O. The van der Waals surface area contributed by atoms with Crippen LogP contribution in [-0.4, -0.2) is 36.5 Å². The molecule has 1 aliphatic heterocycles. The predicted molar refractivity (Wildman–Crippen MR) is 58.1 cm³/mol. The molecule has 14 heavy (non-hydrogen) atoms. The van der Waals surface area contributed by atoms with Gasteiger partial charge in [0.05, 0.1) is 6.04 Å². The first-order chi connectivity index (χ1) is 6.57. The van der Waals surface area contributed by atoms with Crippen LogP contribution in [0.3, 0.4) is 0 Å². The Kier molecular flexibility index (Phi) is 3.93. The van der Waals surface area contributed by atoms with Crippen molar-refractivity contribution in [2.24, 2.45) is 5.92 Å². The van der Waals surface area contributed by atoms with Gasteiger partial charge in [0.25, 0.3) is 0 Å². The smallest absolute Gasteiger partial charge is 0.237 e. The Bertz CT molecular complexity index is 203. The summed E-state index contributed by atoms with van der Waals surface area (Å²) in [6, 6.07) is 0.609. The molecule has 0 aromatic carbocycles. The summed E-state index contributed by atoms with van der Waals surface area (Å²) in [7, 11) is 1.72. The molecule has 1 rings (SSSR count). The SMILES string of the molecule is CNC(=O)C1CCCN1C(C)C(C)C. The van der Waals surface area contributed by atoms with Crippen molar-refractivity contribution in [1.82, 2.24) is 10.2 Å². The summed E-state index contributed by atoms with van der Waals surface area (Å²) in [5.74, 6) is 0.787. The molecule has 0 spiro atoms. The van der Waals surface area contributed by atoms with Gasteiger partial charge in [-0.1, -0.05) is 13.8 Å². The van der Waals surface area contributed by atoms with Gasteiger partial charge in [0, 0.05) is 13.1 Å². The van der Waals surface area contributed by atoms with Gasteiger partial charge >= 0.3 is 0 Å². The van der Waals surface area contributed by atoms with Crippen molar-refractivity contribution in [3.05, 3.63) is 0 Å². The maximum atomic E-state index is 11.6. The number of nitrogens with one attached hydrogen (secondary N) is 1. The molecule has 1 aliphatic rings. The molecule has 3 heteroatoms. The number of likely N-dealkylation sites (tertiary alicyclic amines) is 1. The van der Waals surface area contributed by atoms with E-state index >= 15 is 0 Å². The molecule has 0 bridgehead atoms. The maximum Gasteiger partial charge on any atom is 0.237 e. The lowest BCUT2D eigenvalue weighted by atomic mass is 10.0. The van der Waals surface area contributed by atoms with Crippen molar-refractivity contribution in [2.45, 2.75) is 45.7 Å². The van der Waals surface area contributed by atoms with E-state index in [9.17, 15) is 4.79 Å². The fourth-order valence-corrected chi connectivity index (χ4v) is 2.11. The Hall–Kier alpha value is -0.570. The zero-order valence-electron chi connectivity index (χ0n) is 9.71. The highest BCUT2D eigenvalue weighted by molar-refractivity contribution is 5.81. The fraction of sp³-hybridized carbons (Fsp3) is 0.909. The van der Waals surface area contributed by atoms with Crippen molar-refractivity contribution in [3.8, 4) is 0 Å². The molecule has 0 aliphatic carbocycles. The number of likely N-dealkylation sites (N-methyl/N-ethyl adjacent to an activating group) is 1. The lowest BCUT2D eigenvalue weighted by Crippen LogP contribution is -2.47. The largest absolute Gasteiger partial charge is 0.358 e. The number of nitrogens with zero attached hydrogens (tertiary/aromatic N) is 1. The molecule has 0 saturated carbocycles. The highest BCUT2D eigenvalue weighted by Gasteiger charge is 2.33. The highest BCUT2D eigenvalue weighted by atomic mass is 16.2. The van der Waals surface area contributed by atoms with Crippen LogP contribution in [0.2, 0.25) is 0 Å². The summed E-state index contributed by atoms with van der Waals surface area (Å²) >= 11 is 0. The second-order valence-electron chi connectivity index (χ2n) is 4.49. The van der Waals surface area contributed by atoms with Crippen LogP contribution in [0.15, 0.2) is 0 Å². The summed E-state index contributed by atoms with van der Waals surface area (Å²) in [6.45, 7) is 7.71. The fourth-order valence-electron chi connectivity index (χ4n) is 2.11. The van der Waals surface area contributed by atoms with Crippen LogP contribution >= 0.6 is 0 Å². The van der Waals surface area contributed by atoms with Gasteiger partial charge in [-0.25, -0.2) is 0 Å². The van der Waals surface area contributed by atoms with Crippen LogP contribution in [0.5, 0.6) is 0 Å². The number of hydrogen-bond acceptors (Lipinski definition) is 2. The minimum atomic E-state index is 0.109. The first-order valence-electron chi connectivity index (χ1n) is 5.55. The van der Waals surface area contributed by atoms with E-state index in [2.05, 4.69) is 31.0 Å². The predicted octanol–water partition coefficient (Wildman–Crippen LogP) is 1.24. The third-order valence-corrected chi connectivity index (χ3v) is 3.33. The van der Waals surface area contributed by atoms with Crippen molar-refractivity contribution in [1.29, 1.82) is 0 Å². The van der Waals surface area contributed by atoms with Crippen molar-refractivity contribution in [2.75, 3.05) is 13.6 Å². The second-order valence-corrected chi connectivity index (χ2v) is 4.49. The van der Waals surface area contributed by atoms with Gasteiger partial charge < -0.3 is 5.32 Å². The molecule has 1 amide bonds. The van der Waals surface area contributed by atoms with Crippen LogP contribution in [0.25, 0.3) is 0 Å². The Balaban J connectivity index is 2.63. The molecule has 0 aromatic rings. The van der Waals surface area contributed by atoms with E-state index in [4.69, 9.17) is 0 Å². The third-order valence-electron chi connectivity index (χ3n) is 3.33. The van der Waals surface area contributed by atoms with Crippen molar-refractivity contribution < 1.29 is 4.79 Å². The summed E-state index contributed by atoms with van der Waals surface area (Å²) in [5, 5.41) is 2.75. The standard InChI is InChI=1S/C11H22N2O/c1-8(2)9(3)13-7-5-6-10(13)11(14)12-4/h8-10H,5-7H2,1-4H3,(H,12,14). The number of hydrogen-bond donors (Lipinski definition) is 1. The van der Waals surface area contributed by atoms with E-state index in [1.54, 1.807) is 7.05 Å². The minimum Gasteiger partial charge on any atom is -0.358 e. The molecule has 0 radical (unpaired) electrons. The highest BCUT2D eigenvalue weighted by Crippen LogP contribution is 2.23. The zero-order chi connectivity index (χ0) is 10.7. The first-order valence-corrected chi connectivity index (χ1v) is 5.55. The topological polar surface area (TPSA) is 32.3 Å². The van der Waals surface area contributed by atoms with Gasteiger partial charge in [-0.2, -0.15) is 0 Å². The van der Waals surface area contributed by atoms with E-state index < -0.39 is 0 Å². The quantitative estimate of drug-likeness (QED) is 0.740. The molecule has 1 heterocycles. The third kappa shape index (κ3) is 2.27. The summed E-state index contributed by atoms with van der Waals surface area (Å²) in [6.07, 6.45) is 2.16. The van der Waals surface area contributed by atoms with Crippen molar-refractivity contribution in [3.63, 3.8) is 0 Å². The van der Waals surface area contributed by atoms with Crippen LogP contribution in [0.1, 0.15) is 33.6 Å². The Labute approximate surface area is 86.9 Å². The van der Waals surface area contributed by atoms with Gasteiger partial charge in [0.1, 0.15) is 0 Å². The average Bonchev–Trinajstić information content (AvgIpc) is 2.63. The molecule has 2 atom stereocenters. The van der Waals surface area contributed by atoms with Crippen LogP contribution in [-0.2, 0) is 4.79 Å². The molecular weight excluding hydrogens is 176 g/mol. The summed E-state index contributed by atoms with van der Waals surface area (Å²) < 4.78 is 0. The van der Waals surface area contributed by atoms with Gasteiger partial charge in [-0.15, -0.1) is 0 Å². The number of carbonyl (C=O) groups excluding carboxylic acids is 1. The molecule has 1 fully saturated rings. The first kappa shape index (κ1) is 11.5. The Morgan fingerprint density at radius 2 is 2.07 bits per heavy atom. The molecule has 3 nitrogen and oxygen atoms in total. The number of amides is 1. The zero-order valence-corrected chi connectivity index (χ0v) is 9.71. The van der Waals surface area contributed by atoms with E-state index in [-0.39, 0.29) is 11.9 Å². The van der Waals surface area contributed by atoms with E-state index in [0.29, 0.717) is 12.0 Å². The normalized spacial score (nSPS) is 25.4. The Morgan fingerprint density at radius 1 is 1.43 bits per heavy atom. The Morgan fingerprint density at radius 3 is 2.57 bits per heavy atom. The monoisotopic (exact) mass is 198 g/mol. The summed E-state index contributed by atoms with van der Waals surface area (Å²) in [4.78, 5) is 13.9. The molecule has 82 valence electrons. The van der Waals surface area contributed by atoms with Crippen LogP contribution in [0.4, 0.5) is 0 Å². The number of carbonyl (C=O) groups is 1. The lowest BCUT2D eigenvalue weighted by Gasteiger charge is -2.32. The van der Waals surface area contributed by atoms with Gasteiger partial charge in [-0.3, -0.25) is 9.69 Å². The van der Waals surface area contributed by atoms with Crippen molar-refractivity contribution >= 4 is 5.91 Å². The molecule has 0 aromatic heterocycles. The van der Waals surface area contributed by atoms with Crippen LogP contribution < -0.4 is 5.32 Å². The van der Waals surface area contributed by atoms with Gasteiger partial charge in [0.15, 0.2) is 0 Å². The minimum absolute atomic E-state index is 0.109. The van der Waals surface area contributed by atoms with Crippen LogP contribution in [0, 0.1) is 5.92 Å². The lowest BCUT2D eigenvalue weighted by molar-refractivity contribution is -0.125. The molecule has 2 unspecified atom stereocenters. The average molecular weight is 198 g/mol. The van der Waals surface area contributed by atoms with E-state index in [1.165, 1.54) is 0 Å². The van der Waals surface area contributed by atoms with E-state index in [1.807, 2.05) is 0 Å². The molecule has 1 N–H and O–H groups in total. The molecule has 1 saturated heterocycles. The van der Waals surface area contributed by atoms with Gasteiger partial charge in [0.2, 0.25) is 5.91 Å². The maximum absolute atomic E-state index is 11.6. The second kappa shape index (κ2) is 4.78. The summed E-state index contributed by atoms with van der Waals surface area (Å²) in [5.41, 5.74) is 0. The van der Waals surface area contributed by atoms with Gasteiger partial charge in [-0.05, 0) is 32.2 Å². The van der Waals surface area contributed by atoms with E-state index in [0.717, 1.165) is 19.4 Å².